The Morgan fingerprint density at radius 3 is 2.33 bits per heavy atom. The van der Waals surface area contributed by atoms with Crippen LogP contribution in [0.4, 0.5) is 0 Å². The Labute approximate surface area is 71.8 Å². The van der Waals surface area contributed by atoms with E-state index in [1.165, 1.54) is 6.92 Å². The summed E-state index contributed by atoms with van der Waals surface area (Å²) < 4.78 is 29.9. The molecular weight excluding hydrogens is 184 g/mol. The topological polar surface area (TPSA) is 69.7 Å². The van der Waals surface area contributed by atoms with Crippen molar-refractivity contribution in [3.8, 4) is 0 Å². The van der Waals surface area contributed by atoms with Crippen molar-refractivity contribution in [2.24, 2.45) is 0 Å². The molecule has 72 valence electrons. The maximum Gasteiger partial charge on any atom is 0.307 e. The highest BCUT2D eigenvalue weighted by Gasteiger charge is 2.13. The minimum absolute atomic E-state index is 0.192. The molecule has 0 aromatic rings. The van der Waals surface area contributed by atoms with Gasteiger partial charge in [-0.3, -0.25) is 4.79 Å². The lowest BCUT2D eigenvalue weighted by Gasteiger charge is -2.10. The highest BCUT2D eigenvalue weighted by molar-refractivity contribution is 7.86. The molecule has 1 atom stereocenters. The normalized spacial score (nSPS) is 13.9. The molecule has 0 saturated carbocycles. The van der Waals surface area contributed by atoms with Crippen molar-refractivity contribution in [3.05, 3.63) is 0 Å². The molecule has 6 heteroatoms. The average molecular weight is 196 g/mol. The first-order chi connectivity index (χ1) is 5.35. The molecule has 0 radical (unpaired) electrons. The largest absolute Gasteiger partial charge is 0.435 e. The van der Waals surface area contributed by atoms with Crippen molar-refractivity contribution in [2.45, 2.75) is 26.6 Å². The number of carbonyl (C=O) groups is 1. The first kappa shape index (κ1) is 11.4. The lowest BCUT2D eigenvalue weighted by atomic mass is 10.5. The highest BCUT2D eigenvalue weighted by atomic mass is 32.2. The summed E-state index contributed by atoms with van der Waals surface area (Å²) >= 11 is 0. The summed E-state index contributed by atoms with van der Waals surface area (Å²) in [6, 6.07) is 0. The molecule has 0 spiro atoms. The number of hydrogen-bond donors (Lipinski definition) is 0. The average Bonchev–Trinajstić information content (AvgIpc) is 1.82. The fourth-order valence-corrected chi connectivity index (χ4v) is 1.07. The molecular formula is C6H12O5S. The van der Waals surface area contributed by atoms with Crippen LogP contribution >= 0.6 is 0 Å². The van der Waals surface area contributed by atoms with Gasteiger partial charge < -0.3 is 4.74 Å². The first-order valence-electron chi connectivity index (χ1n) is 3.43. The predicted octanol–water partition coefficient (Wildman–Crippen LogP) is 0.262. The van der Waals surface area contributed by atoms with Crippen LogP contribution in [0.25, 0.3) is 0 Å². The fourth-order valence-electron chi connectivity index (χ4n) is 0.534. The van der Waals surface area contributed by atoms with Crippen LogP contribution < -0.4 is 0 Å². The van der Waals surface area contributed by atoms with Gasteiger partial charge in [-0.1, -0.05) is 6.92 Å². The molecule has 0 bridgehead atoms. The minimum Gasteiger partial charge on any atom is -0.435 e. The molecule has 0 aromatic heterocycles. The summed E-state index contributed by atoms with van der Waals surface area (Å²) in [5.41, 5.74) is 0. The number of ether oxygens (including phenoxy) is 1. The van der Waals surface area contributed by atoms with E-state index in [1.807, 2.05) is 0 Å². The summed E-state index contributed by atoms with van der Waals surface area (Å²) in [5.74, 6) is -0.494. The van der Waals surface area contributed by atoms with Gasteiger partial charge in [0.2, 0.25) is 6.29 Å². The maximum absolute atomic E-state index is 10.6. The lowest BCUT2D eigenvalue weighted by molar-refractivity contribution is -0.160. The Morgan fingerprint density at radius 1 is 1.50 bits per heavy atom. The van der Waals surface area contributed by atoms with E-state index < -0.39 is 22.4 Å². The Balaban J connectivity index is 3.91. The quantitative estimate of drug-likeness (QED) is 0.366. The van der Waals surface area contributed by atoms with Gasteiger partial charge in [-0.2, -0.15) is 8.42 Å². The minimum atomic E-state index is -3.55. The van der Waals surface area contributed by atoms with E-state index >= 15 is 0 Å². The summed E-state index contributed by atoms with van der Waals surface area (Å²) in [5, 5.41) is 0. The molecule has 5 nitrogen and oxygen atoms in total. The van der Waals surface area contributed by atoms with Gasteiger partial charge in [0.15, 0.2) is 0 Å². The van der Waals surface area contributed by atoms with Crippen molar-refractivity contribution in [3.63, 3.8) is 0 Å². The Hall–Kier alpha value is -0.620. The molecule has 0 saturated heterocycles. The molecule has 0 amide bonds. The van der Waals surface area contributed by atoms with Crippen LogP contribution in [-0.4, -0.2) is 26.9 Å². The Morgan fingerprint density at radius 2 is 2.00 bits per heavy atom. The smallest absolute Gasteiger partial charge is 0.307 e. The number of carbonyl (C=O) groups excluding carboxylic acids is 1. The van der Waals surface area contributed by atoms with E-state index in [4.69, 9.17) is 0 Å². The molecule has 1 unspecified atom stereocenters. The predicted molar refractivity (Wildman–Crippen MR) is 41.8 cm³/mol. The van der Waals surface area contributed by atoms with Gasteiger partial charge in [-0.25, -0.2) is 4.18 Å². The van der Waals surface area contributed by atoms with Gasteiger partial charge in [0.25, 0.3) is 10.1 Å². The van der Waals surface area contributed by atoms with Crippen molar-refractivity contribution in [1.82, 2.24) is 0 Å². The monoisotopic (exact) mass is 196 g/mol. The standard InChI is InChI=1S/C6H12O5S/c1-4-6(7)10-5(2)11-12(3,8)9/h5H,4H2,1-3H3. The Bertz CT molecular complexity index is 243. The summed E-state index contributed by atoms with van der Waals surface area (Å²) in [7, 11) is -3.55. The zero-order valence-corrected chi connectivity index (χ0v) is 8.05. The van der Waals surface area contributed by atoms with Gasteiger partial charge in [-0.15, -0.1) is 0 Å². The van der Waals surface area contributed by atoms with Gasteiger partial charge in [0, 0.05) is 6.42 Å². The van der Waals surface area contributed by atoms with Gasteiger partial charge in [0.1, 0.15) is 0 Å². The molecule has 0 aliphatic heterocycles. The van der Waals surface area contributed by atoms with Gasteiger partial charge in [0.05, 0.1) is 6.26 Å². The molecule has 12 heavy (non-hydrogen) atoms. The summed E-state index contributed by atoms with van der Waals surface area (Å²) in [4.78, 5) is 10.6. The molecule has 0 rings (SSSR count). The van der Waals surface area contributed by atoms with Crippen LogP contribution in [0.1, 0.15) is 20.3 Å². The van der Waals surface area contributed by atoms with Crippen LogP contribution in [0.5, 0.6) is 0 Å². The highest BCUT2D eigenvalue weighted by Crippen LogP contribution is 2.00. The zero-order valence-electron chi connectivity index (χ0n) is 7.23. The maximum atomic E-state index is 10.6. The Kier molecular flexibility index (Phi) is 4.19. The van der Waals surface area contributed by atoms with Crippen LogP contribution in [-0.2, 0) is 23.8 Å². The van der Waals surface area contributed by atoms with Crippen LogP contribution in [0, 0.1) is 0 Å². The second-order valence-corrected chi connectivity index (χ2v) is 3.81. The molecule has 0 aromatic carbocycles. The van der Waals surface area contributed by atoms with E-state index in [-0.39, 0.29) is 6.42 Å². The summed E-state index contributed by atoms with van der Waals surface area (Å²) in [6.07, 6.45) is 0.0354. The molecule has 0 N–H and O–H groups in total. The van der Waals surface area contributed by atoms with Crippen LogP contribution in [0.15, 0.2) is 0 Å². The number of esters is 1. The van der Waals surface area contributed by atoms with Crippen LogP contribution in [0.3, 0.4) is 0 Å². The van der Waals surface area contributed by atoms with Crippen molar-refractivity contribution >= 4 is 16.1 Å². The van der Waals surface area contributed by atoms with E-state index in [0.29, 0.717) is 0 Å². The van der Waals surface area contributed by atoms with Gasteiger partial charge >= 0.3 is 5.97 Å². The SMILES string of the molecule is CCC(=O)OC(C)OS(C)(=O)=O. The molecule has 0 aliphatic carbocycles. The van der Waals surface area contributed by atoms with E-state index in [9.17, 15) is 13.2 Å². The van der Waals surface area contributed by atoms with E-state index in [1.54, 1.807) is 6.92 Å². The third kappa shape index (κ3) is 6.11. The van der Waals surface area contributed by atoms with E-state index in [2.05, 4.69) is 8.92 Å². The van der Waals surface area contributed by atoms with E-state index in [0.717, 1.165) is 6.26 Å². The molecule has 0 heterocycles. The number of hydrogen-bond acceptors (Lipinski definition) is 5. The zero-order chi connectivity index (χ0) is 9.78. The van der Waals surface area contributed by atoms with Crippen molar-refractivity contribution < 1.29 is 22.1 Å². The summed E-state index contributed by atoms with van der Waals surface area (Å²) in [6.45, 7) is 2.95. The lowest BCUT2D eigenvalue weighted by Crippen LogP contribution is -2.20. The first-order valence-corrected chi connectivity index (χ1v) is 5.24. The molecule has 0 aliphatic rings. The van der Waals surface area contributed by atoms with Crippen molar-refractivity contribution in [1.29, 1.82) is 0 Å². The second kappa shape index (κ2) is 4.42. The van der Waals surface area contributed by atoms with Crippen LogP contribution in [0.2, 0.25) is 0 Å². The third-order valence-electron chi connectivity index (χ3n) is 0.896. The van der Waals surface area contributed by atoms with Crippen molar-refractivity contribution in [2.75, 3.05) is 6.26 Å². The fraction of sp³-hybridized carbons (Fsp3) is 0.833. The van der Waals surface area contributed by atoms with Gasteiger partial charge in [-0.05, 0) is 6.92 Å². The molecule has 0 fully saturated rings. The third-order valence-corrected chi connectivity index (χ3v) is 1.52. The second-order valence-electron chi connectivity index (χ2n) is 2.21. The number of rotatable bonds is 4.